The lowest BCUT2D eigenvalue weighted by Gasteiger charge is -2.29. The number of hydrogen-bond donors (Lipinski definition) is 2. The third kappa shape index (κ3) is 2.92. The Morgan fingerprint density at radius 1 is 1.47 bits per heavy atom. The van der Waals surface area contributed by atoms with Gasteiger partial charge in [-0.15, -0.1) is 0 Å². The second-order valence-corrected chi connectivity index (χ2v) is 5.45. The van der Waals surface area contributed by atoms with E-state index in [9.17, 15) is 4.79 Å². The molecule has 0 bridgehead atoms. The summed E-state index contributed by atoms with van der Waals surface area (Å²) in [4.78, 5) is 10.8. The summed E-state index contributed by atoms with van der Waals surface area (Å²) in [6, 6.07) is -0.453. The molecule has 88 valence electrons. The molecule has 15 heavy (non-hydrogen) atoms. The number of carboxylic acid groups (broad SMARTS) is 1. The van der Waals surface area contributed by atoms with Crippen LogP contribution in [-0.2, 0) is 9.53 Å². The molecule has 0 aromatic carbocycles. The molecular formula is C11H21NO3. The van der Waals surface area contributed by atoms with Crippen LogP contribution >= 0.6 is 0 Å². The monoisotopic (exact) mass is 215 g/mol. The lowest BCUT2D eigenvalue weighted by atomic mass is 9.94. The minimum absolute atomic E-state index is 0.0820. The van der Waals surface area contributed by atoms with Crippen molar-refractivity contribution >= 4 is 5.97 Å². The van der Waals surface area contributed by atoms with Gasteiger partial charge in [-0.05, 0) is 41.0 Å². The first-order valence-electron chi connectivity index (χ1n) is 5.33. The zero-order valence-corrected chi connectivity index (χ0v) is 10.1. The van der Waals surface area contributed by atoms with E-state index < -0.39 is 12.0 Å². The van der Waals surface area contributed by atoms with Gasteiger partial charge in [-0.3, -0.25) is 10.1 Å². The van der Waals surface area contributed by atoms with E-state index in [2.05, 4.69) is 5.32 Å². The number of hydrogen-bond acceptors (Lipinski definition) is 3. The van der Waals surface area contributed by atoms with E-state index in [4.69, 9.17) is 9.84 Å². The second-order valence-electron chi connectivity index (χ2n) is 5.45. The van der Waals surface area contributed by atoms with E-state index >= 15 is 0 Å². The maximum atomic E-state index is 10.8. The van der Waals surface area contributed by atoms with Crippen LogP contribution in [0.2, 0.25) is 0 Å². The van der Waals surface area contributed by atoms with Crippen molar-refractivity contribution in [1.29, 1.82) is 0 Å². The fraction of sp³-hybridized carbons (Fsp3) is 0.909. The number of nitrogens with one attached hydrogen (secondary N) is 1. The Bertz CT molecular complexity index is 261. The minimum atomic E-state index is -0.824. The van der Waals surface area contributed by atoms with Crippen LogP contribution in [0.5, 0.6) is 0 Å². The van der Waals surface area contributed by atoms with Crippen LogP contribution in [-0.4, -0.2) is 34.4 Å². The van der Waals surface area contributed by atoms with Gasteiger partial charge in [0.25, 0.3) is 0 Å². The highest BCUT2D eigenvalue weighted by Crippen LogP contribution is 2.37. The van der Waals surface area contributed by atoms with Crippen molar-refractivity contribution < 1.29 is 14.6 Å². The number of ether oxygens (including phenoxy) is 1. The standard InChI is InChI=1S/C11H21NO3/c1-7(9(13)14)12-8-6-10(2,3)15-11(8,4)5/h7-8,12H,6H2,1-5H3,(H,13,14). The molecule has 0 spiro atoms. The molecule has 1 aliphatic heterocycles. The molecule has 0 aromatic heterocycles. The molecule has 1 rings (SSSR count). The van der Waals surface area contributed by atoms with Gasteiger partial charge in [0.2, 0.25) is 0 Å². The average molecular weight is 215 g/mol. The van der Waals surface area contributed by atoms with Crippen LogP contribution in [0.4, 0.5) is 0 Å². The van der Waals surface area contributed by atoms with E-state index in [1.165, 1.54) is 0 Å². The summed E-state index contributed by atoms with van der Waals surface area (Å²) in [7, 11) is 0. The Balaban J connectivity index is 2.67. The van der Waals surface area contributed by atoms with Gasteiger partial charge < -0.3 is 9.84 Å². The van der Waals surface area contributed by atoms with Crippen LogP contribution in [0.1, 0.15) is 41.0 Å². The minimum Gasteiger partial charge on any atom is -0.480 e. The largest absolute Gasteiger partial charge is 0.480 e. The molecule has 1 heterocycles. The summed E-state index contributed by atoms with van der Waals surface area (Å²) in [5, 5.41) is 11.9. The normalized spacial score (nSPS) is 30.1. The highest BCUT2D eigenvalue weighted by atomic mass is 16.5. The molecule has 0 saturated carbocycles. The first kappa shape index (κ1) is 12.5. The number of carbonyl (C=O) groups is 1. The molecule has 2 atom stereocenters. The fourth-order valence-corrected chi connectivity index (χ4v) is 2.19. The topological polar surface area (TPSA) is 58.6 Å². The maximum absolute atomic E-state index is 10.8. The van der Waals surface area contributed by atoms with Gasteiger partial charge in [-0.1, -0.05) is 0 Å². The third-order valence-corrected chi connectivity index (χ3v) is 2.90. The van der Waals surface area contributed by atoms with Crippen molar-refractivity contribution in [3.63, 3.8) is 0 Å². The van der Waals surface area contributed by atoms with Gasteiger partial charge in [-0.25, -0.2) is 0 Å². The van der Waals surface area contributed by atoms with E-state index in [0.717, 1.165) is 6.42 Å². The van der Waals surface area contributed by atoms with Gasteiger partial charge >= 0.3 is 5.97 Å². The lowest BCUT2D eigenvalue weighted by Crippen LogP contribution is -2.49. The number of rotatable bonds is 3. The summed E-state index contributed by atoms with van der Waals surface area (Å²) in [5.41, 5.74) is -0.493. The molecule has 4 heteroatoms. The summed E-state index contributed by atoms with van der Waals surface area (Å²) in [5.74, 6) is -0.824. The molecule has 0 aliphatic carbocycles. The summed E-state index contributed by atoms with van der Waals surface area (Å²) >= 11 is 0. The quantitative estimate of drug-likeness (QED) is 0.747. The predicted molar refractivity (Wildman–Crippen MR) is 57.9 cm³/mol. The van der Waals surface area contributed by atoms with Crippen LogP contribution in [0.25, 0.3) is 0 Å². The van der Waals surface area contributed by atoms with Crippen molar-refractivity contribution in [1.82, 2.24) is 5.32 Å². The predicted octanol–water partition coefficient (Wildman–Crippen LogP) is 1.40. The van der Waals surface area contributed by atoms with Gasteiger partial charge in [-0.2, -0.15) is 0 Å². The van der Waals surface area contributed by atoms with Gasteiger partial charge in [0.05, 0.1) is 11.2 Å². The first-order valence-corrected chi connectivity index (χ1v) is 5.33. The molecule has 0 radical (unpaired) electrons. The zero-order valence-electron chi connectivity index (χ0n) is 10.1. The molecule has 1 aliphatic rings. The SMILES string of the molecule is CC(NC1CC(C)(C)OC1(C)C)C(=O)O. The smallest absolute Gasteiger partial charge is 0.320 e. The van der Waals surface area contributed by atoms with Crippen LogP contribution in [0.3, 0.4) is 0 Å². The second kappa shape index (κ2) is 3.76. The van der Waals surface area contributed by atoms with E-state index in [0.29, 0.717) is 0 Å². The van der Waals surface area contributed by atoms with E-state index in [1.807, 2.05) is 27.7 Å². The molecule has 2 unspecified atom stereocenters. The molecule has 1 fully saturated rings. The number of carboxylic acids is 1. The number of aliphatic carboxylic acids is 1. The van der Waals surface area contributed by atoms with Crippen molar-refractivity contribution in [3.8, 4) is 0 Å². The van der Waals surface area contributed by atoms with E-state index in [-0.39, 0.29) is 17.2 Å². The van der Waals surface area contributed by atoms with Crippen LogP contribution < -0.4 is 5.32 Å². The van der Waals surface area contributed by atoms with Gasteiger partial charge in [0.15, 0.2) is 0 Å². The summed E-state index contributed by atoms with van der Waals surface area (Å²) in [6.45, 7) is 9.70. The molecule has 1 saturated heterocycles. The van der Waals surface area contributed by atoms with Crippen molar-refractivity contribution in [2.75, 3.05) is 0 Å². The Morgan fingerprint density at radius 2 is 2.00 bits per heavy atom. The maximum Gasteiger partial charge on any atom is 0.320 e. The van der Waals surface area contributed by atoms with Gasteiger partial charge in [0, 0.05) is 6.04 Å². The van der Waals surface area contributed by atoms with Crippen molar-refractivity contribution in [2.45, 2.75) is 64.3 Å². The molecule has 2 N–H and O–H groups in total. The Kier molecular flexibility index (Phi) is 3.12. The highest BCUT2D eigenvalue weighted by molar-refractivity contribution is 5.72. The molecular weight excluding hydrogens is 194 g/mol. The molecule has 4 nitrogen and oxygen atoms in total. The van der Waals surface area contributed by atoms with Crippen LogP contribution in [0, 0.1) is 0 Å². The highest BCUT2D eigenvalue weighted by Gasteiger charge is 2.46. The average Bonchev–Trinajstić information content (AvgIpc) is 2.18. The van der Waals surface area contributed by atoms with Gasteiger partial charge in [0.1, 0.15) is 6.04 Å². The third-order valence-electron chi connectivity index (χ3n) is 2.90. The Hall–Kier alpha value is -0.610. The van der Waals surface area contributed by atoms with E-state index in [1.54, 1.807) is 6.92 Å². The first-order chi connectivity index (χ1) is 6.64. The molecule has 0 amide bonds. The molecule has 0 aromatic rings. The zero-order chi connectivity index (χ0) is 11.9. The fourth-order valence-electron chi connectivity index (χ4n) is 2.19. The lowest BCUT2D eigenvalue weighted by molar-refractivity contribution is -0.139. The van der Waals surface area contributed by atoms with Crippen molar-refractivity contribution in [3.05, 3.63) is 0 Å². The summed E-state index contributed by atoms with van der Waals surface area (Å²) in [6.07, 6.45) is 0.831. The van der Waals surface area contributed by atoms with Crippen LogP contribution in [0.15, 0.2) is 0 Å². The Labute approximate surface area is 91.0 Å². The Morgan fingerprint density at radius 3 is 2.33 bits per heavy atom. The summed E-state index contributed by atoms with van der Waals surface area (Å²) < 4.78 is 5.87. The van der Waals surface area contributed by atoms with Crippen molar-refractivity contribution in [2.24, 2.45) is 0 Å².